The Hall–Kier alpha value is -0.970. The molecule has 0 heterocycles. The average molecular weight is 306 g/mol. The molecule has 0 saturated heterocycles. The Labute approximate surface area is 108 Å². The predicted octanol–water partition coefficient (Wildman–Crippen LogP) is 3.21. The van der Waals surface area contributed by atoms with E-state index in [1.165, 1.54) is 11.0 Å². The van der Waals surface area contributed by atoms with Crippen molar-refractivity contribution in [3.05, 3.63) is 35.4 Å². The minimum atomic E-state index is -0.813. The summed E-state index contributed by atoms with van der Waals surface area (Å²) < 4.78 is 26.1. The van der Waals surface area contributed by atoms with Crippen molar-refractivity contribution in [3.8, 4) is 0 Å². The molecule has 5 heteroatoms. The molecule has 0 aromatic heterocycles. The van der Waals surface area contributed by atoms with Gasteiger partial charge in [-0.2, -0.15) is 0 Å². The first-order chi connectivity index (χ1) is 8.10. The first kappa shape index (κ1) is 14.1. The highest BCUT2D eigenvalue weighted by atomic mass is 79.9. The molecule has 0 saturated carbocycles. The fourth-order valence-corrected chi connectivity index (χ4v) is 1.74. The third-order valence-corrected chi connectivity index (χ3v) is 2.95. The summed E-state index contributed by atoms with van der Waals surface area (Å²) in [4.78, 5) is 13.5. The molecule has 0 unspecified atom stereocenters. The highest BCUT2D eigenvalue weighted by Crippen LogP contribution is 2.12. The van der Waals surface area contributed by atoms with Gasteiger partial charge in [-0.3, -0.25) is 4.79 Å². The van der Waals surface area contributed by atoms with E-state index >= 15 is 0 Å². The van der Waals surface area contributed by atoms with Gasteiger partial charge < -0.3 is 4.90 Å². The van der Waals surface area contributed by atoms with E-state index in [2.05, 4.69) is 15.9 Å². The van der Waals surface area contributed by atoms with Gasteiger partial charge in [0, 0.05) is 24.5 Å². The van der Waals surface area contributed by atoms with Crippen molar-refractivity contribution >= 4 is 21.8 Å². The molecule has 0 N–H and O–H groups in total. The molecule has 17 heavy (non-hydrogen) atoms. The molecular formula is C12H14BrF2NO. The summed E-state index contributed by atoms with van der Waals surface area (Å²) in [6.45, 7) is 2.88. The van der Waals surface area contributed by atoms with E-state index < -0.39 is 17.5 Å². The molecule has 1 aromatic carbocycles. The number of benzene rings is 1. The fourth-order valence-electron chi connectivity index (χ4n) is 1.49. The van der Waals surface area contributed by atoms with Crippen LogP contribution in [-0.2, 0) is 0 Å². The Kier molecular flexibility index (Phi) is 5.55. The standard InChI is InChI=1S/C12H14BrF2NO/c1-2-16(7-3-6-13)12(17)10-5-4-9(14)8-11(10)15/h4-5,8H,2-3,6-7H2,1H3. The lowest BCUT2D eigenvalue weighted by molar-refractivity contribution is 0.0760. The van der Waals surface area contributed by atoms with Crippen LogP contribution in [0.5, 0.6) is 0 Å². The van der Waals surface area contributed by atoms with Gasteiger partial charge in [-0.1, -0.05) is 15.9 Å². The number of carbonyl (C=O) groups is 1. The lowest BCUT2D eigenvalue weighted by Crippen LogP contribution is -2.32. The SMILES string of the molecule is CCN(CCCBr)C(=O)c1ccc(F)cc1F. The van der Waals surface area contributed by atoms with Crippen LogP contribution in [0.25, 0.3) is 0 Å². The van der Waals surface area contributed by atoms with Crippen LogP contribution in [0.15, 0.2) is 18.2 Å². The first-order valence-corrected chi connectivity index (χ1v) is 6.52. The summed E-state index contributed by atoms with van der Waals surface area (Å²) in [5.74, 6) is -1.89. The van der Waals surface area contributed by atoms with Gasteiger partial charge in [-0.15, -0.1) is 0 Å². The zero-order chi connectivity index (χ0) is 12.8. The number of alkyl halides is 1. The summed E-state index contributed by atoms with van der Waals surface area (Å²) in [7, 11) is 0. The van der Waals surface area contributed by atoms with Crippen molar-refractivity contribution in [1.82, 2.24) is 4.90 Å². The monoisotopic (exact) mass is 305 g/mol. The average Bonchev–Trinajstić information content (AvgIpc) is 2.29. The molecular weight excluding hydrogens is 292 g/mol. The first-order valence-electron chi connectivity index (χ1n) is 5.40. The third-order valence-electron chi connectivity index (χ3n) is 2.39. The van der Waals surface area contributed by atoms with Crippen LogP contribution in [-0.4, -0.2) is 29.2 Å². The zero-order valence-corrected chi connectivity index (χ0v) is 11.1. The Bertz CT molecular complexity index is 398. The summed E-state index contributed by atoms with van der Waals surface area (Å²) in [5, 5.41) is 0.780. The Morgan fingerprint density at radius 3 is 2.65 bits per heavy atom. The van der Waals surface area contributed by atoms with Crippen LogP contribution in [0.2, 0.25) is 0 Å². The molecule has 0 aliphatic rings. The van der Waals surface area contributed by atoms with Crippen molar-refractivity contribution in [2.75, 3.05) is 18.4 Å². The minimum absolute atomic E-state index is 0.0807. The molecule has 2 nitrogen and oxygen atoms in total. The maximum atomic E-state index is 13.4. The normalized spacial score (nSPS) is 10.4. The van der Waals surface area contributed by atoms with E-state index in [1.807, 2.05) is 6.92 Å². The molecule has 1 amide bonds. The van der Waals surface area contributed by atoms with E-state index in [0.29, 0.717) is 13.1 Å². The maximum Gasteiger partial charge on any atom is 0.256 e. The van der Waals surface area contributed by atoms with Crippen molar-refractivity contribution < 1.29 is 13.6 Å². The predicted molar refractivity (Wildman–Crippen MR) is 66.3 cm³/mol. The van der Waals surface area contributed by atoms with Crippen molar-refractivity contribution in [2.45, 2.75) is 13.3 Å². The Balaban J connectivity index is 2.86. The van der Waals surface area contributed by atoms with E-state index in [9.17, 15) is 13.6 Å². The quantitative estimate of drug-likeness (QED) is 0.765. The lowest BCUT2D eigenvalue weighted by atomic mass is 10.1. The molecule has 0 aliphatic carbocycles. The van der Waals surface area contributed by atoms with E-state index in [1.54, 1.807) is 0 Å². The van der Waals surface area contributed by atoms with Crippen molar-refractivity contribution in [3.63, 3.8) is 0 Å². The van der Waals surface area contributed by atoms with Gasteiger partial charge in [0.05, 0.1) is 5.56 Å². The number of hydrogen-bond donors (Lipinski definition) is 0. The summed E-state index contributed by atoms with van der Waals surface area (Å²) >= 11 is 3.27. The second-order valence-electron chi connectivity index (χ2n) is 3.55. The van der Waals surface area contributed by atoms with Crippen LogP contribution in [0, 0.1) is 11.6 Å². The van der Waals surface area contributed by atoms with Gasteiger partial charge in [0.1, 0.15) is 11.6 Å². The molecule has 0 atom stereocenters. The van der Waals surface area contributed by atoms with Gasteiger partial charge in [-0.05, 0) is 25.5 Å². The maximum absolute atomic E-state index is 13.4. The molecule has 0 radical (unpaired) electrons. The molecule has 1 rings (SSSR count). The number of hydrogen-bond acceptors (Lipinski definition) is 1. The van der Waals surface area contributed by atoms with Crippen LogP contribution in [0.4, 0.5) is 8.78 Å². The summed E-state index contributed by atoms with van der Waals surface area (Å²) in [5.41, 5.74) is -0.0807. The molecule has 94 valence electrons. The molecule has 0 aliphatic heterocycles. The third kappa shape index (κ3) is 3.77. The summed E-state index contributed by atoms with van der Waals surface area (Å²) in [6, 6.07) is 3.00. The van der Waals surface area contributed by atoms with Gasteiger partial charge in [-0.25, -0.2) is 8.78 Å². The van der Waals surface area contributed by atoms with Crippen LogP contribution in [0.1, 0.15) is 23.7 Å². The van der Waals surface area contributed by atoms with Gasteiger partial charge in [0.2, 0.25) is 0 Å². The Morgan fingerprint density at radius 2 is 2.12 bits per heavy atom. The van der Waals surface area contributed by atoms with Gasteiger partial charge in [0.25, 0.3) is 5.91 Å². The molecule has 1 aromatic rings. The second-order valence-corrected chi connectivity index (χ2v) is 4.34. The second kappa shape index (κ2) is 6.69. The summed E-state index contributed by atoms with van der Waals surface area (Å²) in [6.07, 6.45) is 0.794. The minimum Gasteiger partial charge on any atom is -0.339 e. The van der Waals surface area contributed by atoms with E-state index in [-0.39, 0.29) is 5.56 Å². The number of nitrogens with zero attached hydrogens (tertiary/aromatic N) is 1. The van der Waals surface area contributed by atoms with Gasteiger partial charge >= 0.3 is 0 Å². The highest BCUT2D eigenvalue weighted by Gasteiger charge is 2.17. The molecule has 0 bridgehead atoms. The number of rotatable bonds is 5. The van der Waals surface area contributed by atoms with E-state index in [0.717, 1.165) is 23.9 Å². The topological polar surface area (TPSA) is 20.3 Å². The highest BCUT2D eigenvalue weighted by molar-refractivity contribution is 9.09. The van der Waals surface area contributed by atoms with Gasteiger partial charge in [0.15, 0.2) is 0 Å². The largest absolute Gasteiger partial charge is 0.339 e. The van der Waals surface area contributed by atoms with E-state index in [4.69, 9.17) is 0 Å². The zero-order valence-electron chi connectivity index (χ0n) is 9.55. The van der Waals surface area contributed by atoms with Crippen molar-refractivity contribution in [1.29, 1.82) is 0 Å². The molecule has 0 spiro atoms. The number of halogens is 3. The lowest BCUT2D eigenvalue weighted by Gasteiger charge is -2.20. The number of carbonyl (C=O) groups excluding carboxylic acids is 1. The smallest absolute Gasteiger partial charge is 0.256 e. The van der Waals surface area contributed by atoms with Crippen molar-refractivity contribution in [2.24, 2.45) is 0 Å². The number of amides is 1. The Morgan fingerprint density at radius 1 is 1.41 bits per heavy atom. The van der Waals surface area contributed by atoms with Crippen LogP contribution < -0.4 is 0 Å². The molecule has 0 fully saturated rings. The van der Waals surface area contributed by atoms with Crippen LogP contribution >= 0.6 is 15.9 Å². The van der Waals surface area contributed by atoms with Crippen LogP contribution in [0.3, 0.4) is 0 Å². The fraction of sp³-hybridized carbons (Fsp3) is 0.417.